The van der Waals surface area contributed by atoms with Crippen LogP contribution in [0.1, 0.15) is 29.5 Å². The molecule has 2 N–H and O–H groups in total. The van der Waals surface area contributed by atoms with Crippen LogP contribution in [0.5, 0.6) is 11.5 Å². The van der Waals surface area contributed by atoms with Gasteiger partial charge in [0.15, 0.2) is 0 Å². The summed E-state index contributed by atoms with van der Waals surface area (Å²) in [7, 11) is 1.51. The number of phenolic OH excluding ortho intramolecular Hbond substituents is 1. The standard InChI is InChI=1S/C16H19NO4/c1-11(5-6-12-4-3-9-21-12)17-16(19)14-10-13(20-2)7-8-15(14)18/h3-4,7-11,18H,5-6H2,1-2H3,(H,17,19). The van der Waals surface area contributed by atoms with E-state index >= 15 is 0 Å². The van der Waals surface area contributed by atoms with Crippen LogP contribution in [0.2, 0.25) is 0 Å². The molecule has 0 spiro atoms. The van der Waals surface area contributed by atoms with Crippen molar-refractivity contribution in [3.8, 4) is 11.5 Å². The quantitative estimate of drug-likeness (QED) is 0.857. The van der Waals surface area contributed by atoms with Crippen LogP contribution in [0.4, 0.5) is 0 Å². The molecule has 1 atom stereocenters. The number of phenols is 1. The molecule has 2 aromatic rings. The molecule has 21 heavy (non-hydrogen) atoms. The first-order valence-electron chi connectivity index (χ1n) is 6.80. The largest absolute Gasteiger partial charge is 0.507 e. The highest BCUT2D eigenvalue weighted by atomic mass is 16.5. The van der Waals surface area contributed by atoms with Crippen LogP contribution in [0.25, 0.3) is 0 Å². The molecule has 1 heterocycles. The number of aromatic hydroxyl groups is 1. The Morgan fingerprint density at radius 1 is 1.43 bits per heavy atom. The van der Waals surface area contributed by atoms with Gasteiger partial charge in [0.05, 0.1) is 18.9 Å². The molecule has 0 saturated carbocycles. The molecule has 1 aromatic carbocycles. The maximum atomic E-state index is 12.2. The predicted molar refractivity (Wildman–Crippen MR) is 78.6 cm³/mol. The van der Waals surface area contributed by atoms with Gasteiger partial charge in [0.25, 0.3) is 5.91 Å². The van der Waals surface area contributed by atoms with E-state index in [1.165, 1.54) is 19.2 Å². The average Bonchev–Trinajstić information content (AvgIpc) is 2.99. The summed E-state index contributed by atoms with van der Waals surface area (Å²) in [6, 6.07) is 8.28. The Bertz CT molecular complexity index is 592. The first-order chi connectivity index (χ1) is 10.1. The number of hydrogen-bond acceptors (Lipinski definition) is 4. The molecule has 1 amide bonds. The van der Waals surface area contributed by atoms with Crippen molar-refractivity contribution in [2.75, 3.05) is 7.11 Å². The SMILES string of the molecule is COc1ccc(O)c(C(=O)NC(C)CCc2ccco2)c1. The Morgan fingerprint density at radius 2 is 2.24 bits per heavy atom. The van der Waals surface area contributed by atoms with Gasteiger partial charge >= 0.3 is 0 Å². The average molecular weight is 289 g/mol. The summed E-state index contributed by atoms with van der Waals surface area (Å²) < 4.78 is 10.3. The summed E-state index contributed by atoms with van der Waals surface area (Å²) in [4.78, 5) is 12.2. The van der Waals surface area contributed by atoms with Crippen molar-refractivity contribution in [2.24, 2.45) is 0 Å². The Kier molecular flexibility index (Phi) is 4.87. The molecule has 1 aromatic heterocycles. The zero-order valence-electron chi connectivity index (χ0n) is 12.1. The molecular weight excluding hydrogens is 270 g/mol. The van der Waals surface area contributed by atoms with Gasteiger partial charge in [0.2, 0.25) is 0 Å². The normalized spacial score (nSPS) is 11.9. The van der Waals surface area contributed by atoms with Gasteiger partial charge in [-0.3, -0.25) is 4.79 Å². The minimum Gasteiger partial charge on any atom is -0.507 e. The lowest BCUT2D eigenvalue weighted by Gasteiger charge is -2.14. The van der Waals surface area contributed by atoms with Crippen molar-refractivity contribution in [3.05, 3.63) is 47.9 Å². The molecule has 0 aliphatic carbocycles. The Hall–Kier alpha value is -2.43. The number of methoxy groups -OCH3 is 1. The van der Waals surface area contributed by atoms with Crippen LogP contribution in [0.15, 0.2) is 41.0 Å². The molecule has 0 bridgehead atoms. The predicted octanol–water partition coefficient (Wildman–Crippen LogP) is 2.74. The number of ether oxygens (including phenoxy) is 1. The lowest BCUT2D eigenvalue weighted by Crippen LogP contribution is -2.32. The molecule has 1 unspecified atom stereocenters. The van der Waals surface area contributed by atoms with E-state index in [1.807, 2.05) is 19.1 Å². The Labute approximate surface area is 123 Å². The van der Waals surface area contributed by atoms with Crippen molar-refractivity contribution in [2.45, 2.75) is 25.8 Å². The van der Waals surface area contributed by atoms with E-state index in [0.717, 1.165) is 18.6 Å². The highest BCUT2D eigenvalue weighted by Gasteiger charge is 2.15. The van der Waals surface area contributed by atoms with E-state index in [0.29, 0.717) is 5.75 Å². The third kappa shape index (κ3) is 4.02. The highest BCUT2D eigenvalue weighted by molar-refractivity contribution is 5.97. The molecule has 0 aliphatic heterocycles. The zero-order chi connectivity index (χ0) is 15.2. The fourth-order valence-electron chi connectivity index (χ4n) is 2.01. The lowest BCUT2D eigenvalue weighted by atomic mass is 10.1. The Balaban J connectivity index is 1.94. The first-order valence-corrected chi connectivity index (χ1v) is 6.80. The minimum atomic E-state index is -0.321. The fourth-order valence-corrected chi connectivity index (χ4v) is 2.01. The van der Waals surface area contributed by atoms with Gasteiger partial charge in [-0.05, 0) is 43.7 Å². The minimum absolute atomic E-state index is 0.0341. The van der Waals surface area contributed by atoms with Gasteiger partial charge in [0.1, 0.15) is 17.3 Å². The molecule has 5 heteroatoms. The van der Waals surface area contributed by atoms with E-state index in [2.05, 4.69) is 5.32 Å². The Morgan fingerprint density at radius 3 is 2.90 bits per heavy atom. The summed E-state index contributed by atoms with van der Waals surface area (Å²) in [5, 5.41) is 12.6. The van der Waals surface area contributed by atoms with Crippen LogP contribution in [0, 0.1) is 0 Å². The van der Waals surface area contributed by atoms with Gasteiger partial charge in [-0.2, -0.15) is 0 Å². The van der Waals surface area contributed by atoms with E-state index in [9.17, 15) is 9.90 Å². The second-order valence-electron chi connectivity index (χ2n) is 4.88. The third-order valence-electron chi connectivity index (χ3n) is 3.23. The van der Waals surface area contributed by atoms with Gasteiger partial charge in [-0.25, -0.2) is 0 Å². The maximum Gasteiger partial charge on any atom is 0.255 e. The van der Waals surface area contributed by atoms with Crippen LogP contribution in [-0.4, -0.2) is 24.2 Å². The topological polar surface area (TPSA) is 71.7 Å². The molecule has 0 radical (unpaired) electrons. The van der Waals surface area contributed by atoms with Crippen LogP contribution >= 0.6 is 0 Å². The maximum absolute atomic E-state index is 12.2. The van der Waals surface area contributed by atoms with Gasteiger partial charge in [-0.1, -0.05) is 0 Å². The fraction of sp³-hybridized carbons (Fsp3) is 0.312. The van der Waals surface area contributed by atoms with E-state index < -0.39 is 0 Å². The van der Waals surface area contributed by atoms with Crippen molar-refractivity contribution in [1.82, 2.24) is 5.32 Å². The van der Waals surface area contributed by atoms with Crippen LogP contribution in [0.3, 0.4) is 0 Å². The number of nitrogens with one attached hydrogen (secondary N) is 1. The summed E-state index contributed by atoms with van der Waals surface area (Å²) in [5.41, 5.74) is 0.208. The van der Waals surface area contributed by atoms with E-state index in [1.54, 1.807) is 12.3 Å². The molecule has 0 fully saturated rings. The number of carbonyl (C=O) groups excluding carboxylic acids is 1. The van der Waals surface area contributed by atoms with Crippen molar-refractivity contribution < 1.29 is 19.1 Å². The number of amides is 1. The number of benzene rings is 1. The van der Waals surface area contributed by atoms with Gasteiger partial charge in [0, 0.05) is 12.5 Å². The van der Waals surface area contributed by atoms with E-state index in [4.69, 9.17) is 9.15 Å². The summed E-state index contributed by atoms with van der Waals surface area (Å²) >= 11 is 0. The highest BCUT2D eigenvalue weighted by Crippen LogP contribution is 2.22. The van der Waals surface area contributed by atoms with Crippen LogP contribution in [-0.2, 0) is 6.42 Å². The number of carbonyl (C=O) groups is 1. The molecule has 5 nitrogen and oxygen atoms in total. The number of rotatable bonds is 6. The molecular formula is C16H19NO4. The van der Waals surface area contributed by atoms with Crippen molar-refractivity contribution >= 4 is 5.91 Å². The van der Waals surface area contributed by atoms with Crippen molar-refractivity contribution in [3.63, 3.8) is 0 Å². The zero-order valence-corrected chi connectivity index (χ0v) is 12.1. The molecule has 0 aliphatic rings. The summed E-state index contributed by atoms with van der Waals surface area (Å²) in [6.45, 7) is 1.91. The van der Waals surface area contributed by atoms with Gasteiger partial charge < -0.3 is 19.6 Å². The lowest BCUT2D eigenvalue weighted by molar-refractivity contribution is 0.0935. The summed E-state index contributed by atoms with van der Waals surface area (Å²) in [6.07, 6.45) is 3.13. The van der Waals surface area contributed by atoms with Crippen molar-refractivity contribution in [1.29, 1.82) is 0 Å². The first kappa shape index (κ1) is 15.0. The monoisotopic (exact) mass is 289 g/mol. The van der Waals surface area contributed by atoms with Crippen LogP contribution < -0.4 is 10.1 Å². The molecule has 0 saturated heterocycles. The molecule has 112 valence electrons. The van der Waals surface area contributed by atoms with E-state index in [-0.39, 0.29) is 23.3 Å². The number of hydrogen-bond donors (Lipinski definition) is 2. The number of aryl methyl sites for hydroxylation is 1. The second-order valence-corrected chi connectivity index (χ2v) is 4.88. The third-order valence-corrected chi connectivity index (χ3v) is 3.23. The molecule has 2 rings (SSSR count). The number of furan rings is 1. The van der Waals surface area contributed by atoms with Gasteiger partial charge in [-0.15, -0.1) is 0 Å². The summed E-state index contributed by atoms with van der Waals surface area (Å²) in [5.74, 6) is 1.03. The smallest absolute Gasteiger partial charge is 0.255 e. The second kappa shape index (κ2) is 6.83.